The van der Waals surface area contributed by atoms with Gasteiger partial charge in [0.05, 0.1) is 16.6 Å². The lowest BCUT2D eigenvalue weighted by Gasteiger charge is -2.38. The number of para-hydroxylation sites is 4. The third kappa shape index (κ3) is 2.94. The predicted octanol–water partition coefficient (Wildman–Crippen LogP) is 6.32. The Balaban J connectivity index is 1.56. The van der Waals surface area contributed by atoms with E-state index in [-0.39, 0.29) is 5.44 Å². The molecule has 0 aliphatic carbocycles. The minimum absolute atomic E-state index is 0.224. The topological polar surface area (TPSA) is 35.9 Å². The summed E-state index contributed by atoms with van der Waals surface area (Å²) < 4.78 is 4.82. The number of fused-ring (bicyclic) bond motifs is 6. The van der Waals surface area contributed by atoms with Crippen LogP contribution in [0.2, 0.25) is 0 Å². The summed E-state index contributed by atoms with van der Waals surface area (Å²) in [6.45, 7) is 6.79. The first-order valence-electron chi connectivity index (χ1n) is 11.6. The van der Waals surface area contributed by atoms with Gasteiger partial charge >= 0.3 is 0 Å². The van der Waals surface area contributed by atoms with Crippen molar-refractivity contribution < 1.29 is 0 Å². The molecule has 162 valence electrons. The highest BCUT2D eigenvalue weighted by atomic mass is 15.2. The minimum Gasteiger partial charge on any atom is -0.343 e. The van der Waals surface area contributed by atoms with E-state index in [4.69, 9.17) is 5.73 Å². The van der Waals surface area contributed by atoms with Crippen LogP contribution >= 0.6 is 0 Å². The molecule has 0 spiro atoms. The van der Waals surface area contributed by atoms with Crippen molar-refractivity contribution in [2.45, 2.75) is 31.8 Å². The van der Waals surface area contributed by atoms with Crippen LogP contribution in [0.25, 0.3) is 43.6 Å². The molecule has 4 aromatic carbocycles. The lowest BCUT2D eigenvalue weighted by molar-refractivity contribution is 0.456. The lowest BCUT2D eigenvalue weighted by Crippen LogP contribution is -2.54. The van der Waals surface area contributed by atoms with Crippen LogP contribution in [-0.4, -0.2) is 16.4 Å². The van der Waals surface area contributed by atoms with Crippen molar-refractivity contribution in [2.24, 2.45) is 5.73 Å². The second-order valence-corrected chi connectivity index (χ2v) is 10.1. The summed E-state index contributed by atoms with van der Waals surface area (Å²) in [7, 11) is 0.769. The van der Waals surface area contributed by atoms with Crippen molar-refractivity contribution in [3.05, 3.63) is 97.1 Å². The van der Waals surface area contributed by atoms with Crippen LogP contribution in [0.4, 0.5) is 0 Å². The molecule has 0 aliphatic heterocycles. The summed E-state index contributed by atoms with van der Waals surface area (Å²) in [5.41, 5.74) is 11.3. The van der Waals surface area contributed by atoms with Gasteiger partial charge in [0, 0.05) is 38.0 Å². The van der Waals surface area contributed by atoms with Crippen molar-refractivity contribution in [3.8, 4) is 0 Å². The quantitative estimate of drug-likeness (QED) is 0.327. The molecule has 6 rings (SSSR count). The van der Waals surface area contributed by atoms with Gasteiger partial charge in [0.25, 0.3) is 0 Å². The number of hydrogen-bond donors (Lipinski definition) is 1. The van der Waals surface area contributed by atoms with Crippen molar-refractivity contribution in [1.82, 2.24) is 9.13 Å². The summed E-state index contributed by atoms with van der Waals surface area (Å²) in [5, 5.41) is 5.08. The third-order valence-electron chi connectivity index (χ3n) is 7.07. The van der Waals surface area contributed by atoms with Gasteiger partial charge in [0.15, 0.2) is 0 Å². The molecule has 0 bridgehead atoms. The van der Waals surface area contributed by atoms with E-state index in [9.17, 15) is 0 Å². The van der Waals surface area contributed by atoms with Crippen LogP contribution in [0.15, 0.2) is 97.1 Å². The van der Waals surface area contributed by atoms with Crippen molar-refractivity contribution in [1.29, 1.82) is 0 Å². The molecule has 3 nitrogen and oxygen atoms in total. The van der Waals surface area contributed by atoms with Crippen molar-refractivity contribution in [3.63, 3.8) is 0 Å². The van der Waals surface area contributed by atoms with Gasteiger partial charge in [-0.1, -0.05) is 72.8 Å². The zero-order chi connectivity index (χ0) is 22.8. The van der Waals surface area contributed by atoms with E-state index in [1.165, 1.54) is 43.6 Å². The molecular formula is C29H28BN3. The molecule has 0 aliphatic rings. The van der Waals surface area contributed by atoms with Gasteiger partial charge in [-0.2, -0.15) is 0 Å². The predicted molar refractivity (Wildman–Crippen MR) is 143 cm³/mol. The molecule has 1 unspecified atom stereocenters. The molecular weight excluding hydrogens is 401 g/mol. The van der Waals surface area contributed by atoms with E-state index in [2.05, 4.69) is 127 Å². The molecule has 1 atom stereocenters. The van der Waals surface area contributed by atoms with Crippen LogP contribution in [-0.2, 0) is 11.0 Å². The number of rotatable bonds is 4. The van der Waals surface area contributed by atoms with Crippen molar-refractivity contribution >= 4 is 50.9 Å². The monoisotopic (exact) mass is 429 g/mol. The zero-order valence-electron chi connectivity index (χ0n) is 19.4. The van der Waals surface area contributed by atoms with Crippen LogP contribution in [0.1, 0.15) is 20.8 Å². The van der Waals surface area contributed by atoms with E-state index in [0.29, 0.717) is 0 Å². The minimum atomic E-state index is -0.599. The average molecular weight is 429 g/mol. The standard InChI is InChI=1S/C29H28BN3/c1-28(2,32-24-16-8-4-12-20(24)21-13-5-9-17-25(21)32)30-29(3,31)33-26-18-10-6-14-22(26)23-15-7-11-19-27(23)33/h4-19,30H,31H2,1-3H3. The maximum Gasteiger partial charge on any atom is 0.203 e. The molecule has 0 saturated heterocycles. The van der Waals surface area contributed by atoms with Crippen LogP contribution in [0.5, 0.6) is 0 Å². The zero-order valence-corrected chi connectivity index (χ0v) is 19.4. The summed E-state index contributed by atoms with van der Waals surface area (Å²) in [4.78, 5) is 0. The maximum atomic E-state index is 7.24. The molecule has 0 amide bonds. The number of nitrogens with zero attached hydrogens (tertiary/aromatic N) is 2. The van der Waals surface area contributed by atoms with Gasteiger partial charge in [-0.05, 0) is 45.0 Å². The second kappa shape index (κ2) is 7.00. The Morgan fingerprint density at radius 3 is 1.18 bits per heavy atom. The third-order valence-corrected chi connectivity index (χ3v) is 7.07. The molecule has 2 heterocycles. The van der Waals surface area contributed by atoms with E-state index >= 15 is 0 Å². The van der Waals surface area contributed by atoms with Crippen molar-refractivity contribution in [2.75, 3.05) is 0 Å². The molecule has 0 saturated carbocycles. The Kier molecular flexibility index (Phi) is 4.27. The SMILES string of the molecule is CC(C)(BC(C)(N)n1c2ccccc2c2ccccc21)n1c2ccccc2c2ccccc21. The van der Waals surface area contributed by atoms with E-state index in [1.54, 1.807) is 0 Å². The molecule has 6 aromatic rings. The first kappa shape index (κ1) is 20.1. The van der Waals surface area contributed by atoms with E-state index in [0.717, 1.165) is 7.28 Å². The first-order valence-corrected chi connectivity index (χ1v) is 11.6. The summed E-state index contributed by atoms with van der Waals surface area (Å²) in [6.07, 6.45) is 0. The highest BCUT2D eigenvalue weighted by Crippen LogP contribution is 2.37. The molecule has 33 heavy (non-hydrogen) atoms. The van der Waals surface area contributed by atoms with E-state index in [1.807, 2.05) is 0 Å². The Morgan fingerprint density at radius 2 is 0.818 bits per heavy atom. The molecule has 2 aromatic heterocycles. The van der Waals surface area contributed by atoms with Gasteiger partial charge in [0.1, 0.15) is 0 Å². The lowest BCUT2D eigenvalue weighted by atomic mass is 9.51. The van der Waals surface area contributed by atoms with Gasteiger partial charge in [-0.25, -0.2) is 0 Å². The highest BCUT2D eigenvalue weighted by Gasteiger charge is 2.37. The Morgan fingerprint density at radius 1 is 0.515 bits per heavy atom. The van der Waals surface area contributed by atoms with Gasteiger partial charge in [-0.3, -0.25) is 0 Å². The fourth-order valence-corrected chi connectivity index (χ4v) is 6.08. The average Bonchev–Trinajstić information content (AvgIpc) is 3.32. The summed E-state index contributed by atoms with van der Waals surface area (Å²) in [5.74, 6) is 0. The number of hydrogen-bond acceptors (Lipinski definition) is 1. The van der Waals surface area contributed by atoms with Crippen LogP contribution in [0, 0.1) is 0 Å². The molecule has 0 fully saturated rings. The normalized spacial score (nSPS) is 14.3. The summed E-state index contributed by atoms with van der Waals surface area (Å²) in [6, 6.07) is 34.6. The van der Waals surface area contributed by atoms with E-state index < -0.39 is 5.56 Å². The van der Waals surface area contributed by atoms with Crippen LogP contribution < -0.4 is 5.73 Å². The maximum absolute atomic E-state index is 7.24. The molecule has 4 heteroatoms. The number of aromatic nitrogens is 2. The second-order valence-electron chi connectivity index (χ2n) is 10.1. The van der Waals surface area contributed by atoms with Gasteiger partial charge < -0.3 is 14.9 Å². The Labute approximate surface area is 194 Å². The smallest absolute Gasteiger partial charge is 0.203 e. The molecule has 0 radical (unpaired) electrons. The Bertz CT molecular complexity index is 1420. The van der Waals surface area contributed by atoms with Crippen LogP contribution in [0.3, 0.4) is 0 Å². The fourth-order valence-electron chi connectivity index (χ4n) is 6.08. The fraction of sp³-hybridized carbons (Fsp3) is 0.172. The number of benzene rings is 4. The number of nitrogens with two attached hydrogens (primary N) is 1. The highest BCUT2D eigenvalue weighted by molar-refractivity contribution is 6.42. The Hall–Kier alpha value is -3.50. The largest absolute Gasteiger partial charge is 0.343 e. The first-order chi connectivity index (χ1) is 15.9. The van der Waals surface area contributed by atoms with Gasteiger partial charge in [0.2, 0.25) is 7.28 Å². The molecule has 2 N–H and O–H groups in total. The summed E-state index contributed by atoms with van der Waals surface area (Å²) >= 11 is 0. The van der Waals surface area contributed by atoms with Gasteiger partial charge in [-0.15, -0.1) is 0 Å².